The van der Waals surface area contributed by atoms with Crippen LogP contribution < -0.4 is 10.6 Å². The minimum absolute atomic E-state index is 0.756. The smallest absolute Gasteiger partial charge is 0.0456 e. The Kier molecular flexibility index (Phi) is 3.16. The first-order valence-corrected chi connectivity index (χ1v) is 4.28. The average Bonchev–Trinajstić information content (AvgIpc) is 2.05. The number of nitrogens with one attached hydrogen (secondary N) is 2. The van der Waals surface area contributed by atoms with E-state index in [9.17, 15) is 0 Å². The zero-order chi connectivity index (χ0) is 7.40. The summed E-state index contributed by atoms with van der Waals surface area (Å²) in [6.45, 7) is 6.76. The molecule has 0 aromatic carbocycles. The van der Waals surface area contributed by atoms with Gasteiger partial charge in [0, 0.05) is 12.7 Å². The van der Waals surface area contributed by atoms with Crippen molar-refractivity contribution in [1.82, 2.24) is 10.6 Å². The van der Waals surface area contributed by atoms with Gasteiger partial charge in [-0.1, -0.05) is 20.3 Å². The molecule has 10 heavy (non-hydrogen) atoms. The van der Waals surface area contributed by atoms with Crippen molar-refractivity contribution < 1.29 is 0 Å². The van der Waals surface area contributed by atoms with Crippen LogP contribution in [0.5, 0.6) is 0 Å². The van der Waals surface area contributed by atoms with Crippen LogP contribution in [0.4, 0.5) is 0 Å². The zero-order valence-corrected chi connectivity index (χ0v) is 6.98. The molecule has 2 unspecified atom stereocenters. The third-order valence-corrected chi connectivity index (χ3v) is 2.45. The fourth-order valence-electron chi connectivity index (χ4n) is 1.42. The monoisotopic (exact) mass is 142 g/mol. The topological polar surface area (TPSA) is 24.1 Å². The van der Waals surface area contributed by atoms with Crippen LogP contribution in [0.2, 0.25) is 0 Å². The lowest BCUT2D eigenvalue weighted by atomic mass is 9.96. The second-order valence-corrected chi connectivity index (χ2v) is 3.16. The van der Waals surface area contributed by atoms with E-state index in [-0.39, 0.29) is 0 Å². The van der Waals surface area contributed by atoms with Crippen LogP contribution in [0.3, 0.4) is 0 Å². The van der Waals surface area contributed by atoms with Gasteiger partial charge in [0.2, 0.25) is 0 Å². The van der Waals surface area contributed by atoms with E-state index in [0.717, 1.165) is 18.6 Å². The number of rotatable bonds is 2. The average molecular weight is 142 g/mol. The fraction of sp³-hybridized carbons (Fsp3) is 1.00. The third kappa shape index (κ3) is 1.96. The normalized spacial score (nSPS) is 30.0. The molecule has 0 aromatic rings. The summed E-state index contributed by atoms with van der Waals surface area (Å²) in [5.74, 6) is 0.835. The molecule has 1 fully saturated rings. The van der Waals surface area contributed by atoms with Crippen LogP contribution in [-0.4, -0.2) is 19.3 Å². The Morgan fingerprint density at radius 3 is 2.90 bits per heavy atom. The van der Waals surface area contributed by atoms with E-state index in [0.29, 0.717) is 0 Å². The maximum atomic E-state index is 3.46. The lowest BCUT2D eigenvalue weighted by Crippen LogP contribution is -2.47. The highest BCUT2D eigenvalue weighted by atomic mass is 15.1. The van der Waals surface area contributed by atoms with Crippen LogP contribution >= 0.6 is 0 Å². The summed E-state index contributed by atoms with van der Waals surface area (Å²) in [4.78, 5) is 0. The SMILES string of the molecule is CCC(C)C1CCNCN1. The Labute approximate surface area is 63.4 Å². The van der Waals surface area contributed by atoms with E-state index < -0.39 is 0 Å². The molecule has 60 valence electrons. The summed E-state index contributed by atoms with van der Waals surface area (Å²) in [6, 6.07) is 0.756. The standard InChI is InChI=1S/C8H18N2/c1-3-7(2)8-4-5-9-6-10-8/h7-10H,3-6H2,1-2H3. The quantitative estimate of drug-likeness (QED) is 0.599. The summed E-state index contributed by atoms with van der Waals surface area (Å²) >= 11 is 0. The van der Waals surface area contributed by atoms with E-state index >= 15 is 0 Å². The van der Waals surface area contributed by atoms with Gasteiger partial charge < -0.3 is 10.6 Å². The second-order valence-electron chi connectivity index (χ2n) is 3.16. The van der Waals surface area contributed by atoms with Gasteiger partial charge in [-0.15, -0.1) is 0 Å². The first-order chi connectivity index (χ1) is 4.84. The fourth-order valence-corrected chi connectivity index (χ4v) is 1.42. The van der Waals surface area contributed by atoms with Crippen molar-refractivity contribution in [1.29, 1.82) is 0 Å². The van der Waals surface area contributed by atoms with Crippen LogP contribution in [0.15, 0.2) is 0 Å². The first kappa shape index (κ1) is 8.02. The van der Waals surface area contributed by atoms with Gasteiger partial charge >= 0.3 is 0 Å². The number of hydrogen-bond acceptors (Lipinski definition) is 2. The van der Waals surface area contributed by atoms with Gasteiger partial charge in [0.05, 0.1) is 0 Å². The predicted molar refractivity (Wildman–Crippen MR) is 43.9 cm³/mol. The third-order valence-electron chi connectivity index (χ3n) is 2.45. The van der Waals surface area contributed by atoms with Crippen molar-refractivity contribution in [2.24, 2.45) is 5.92 Å². The molecule has 0 aliphatic carbocycles. The molecular formula is C8H18N2. The summed E-state index contributed by atoms with van der Waals surface area (Å²) in [6.07, 6.45) is 2.58. The number of hydrogen-bond donors (Lipinski definition) is 2. The molecule has 1 saturated heterocycles. The highest BCUT2D eigenvalue weighted by molar-refractivity contribution is 4.76. The molecule has 0 radical (unpaired) electrons. The van der Waals surface area contributed by atoms with Gasteiger partial charge in [0.15, 0.2) is 0 Å². The highest BCUT2D eigenvalue weighted by Crippen LogP contribution is 2.11. The summed E-state index contributed by atoms with van der Waals surface area (Å²) in [5, 5.41) is 6.74. The molecular weight excluding hydrogens is 124 g/mol. The van der Waals surface area contributed by atoms with E-state index in [4.69, 9.17) is 0 Å². The molecule has 0 saturated carbocycles. The Balaban J connectivity index is 2.24. The van der Waals surface area contributed by atoms with Crippen LogP contribution in [0.1, 0.15) is 26.7 Å². The van der Waals surface area contributed by atoms with E-state index in [1.807, 2.05) is 0 Å². The lowest BCUT2D eigenvalue weighted by Gasteiger charge is -2.28. The van der Waals surface area contributed by atoms with Crippen LogP contribution in [0.25, 0.3) is 0 Å². The molecule has 2 heteroatoms. The molecule has 0 aromatic heterocycles. The largest absolute Gasteiger partial charge is 0.304 e. The Morgan fingerprint density at radius 2 is 2.40 bits per heavy atom. The van der Waals surface area contributed by atoms with Crippen LogP contribution in [0, 0.1) is 5.92 Å². The Morgan fingerprint density at radius 1 is 1.60 bits per heavy atom. The molecule has 0 bridgehead atoms. The van der Waals surface area contributed by atoms with Crippen molar-refractivity contribution in [2.75, 3.05) is 13.2 Å². The molecule has 1 heterocycles. The first-order valence-electron chi connectivity index (χ1n) is 4.28. The van der Waals surface area contributed by atoms with E-state index in [1.165, 1.54) is 19.4 Å². The lowest BCUT2D eigenvalue weighted by molar-refractivity contribution is 0.299. The summed E-state index contributed by atoms with van der Waals surface area (Å²) in [5.41, 5.74) is 0. The van der Waals surface area contributed by atoms with Gasteiger partial charge in [0.1, 0.15) is 0 Å². The van der Waals surface area contributed by atoms with Gasteiger partial charge in [-0.05, 0) is 18.9 Å². The highest BCUT2D eigenvalue weighted by Gasteiger charge is 2.16. The van der Waals surface area contributed by atoms with Gasteiger partial charge in [0.25, 0.3) is 0 Å². The second kappa shape index (κ2) is 3.94. The predicted octanol–water partition coefficient (Wildman–Crippen LogP) is 0.942. The van der Waals surface area contributed by atoms with E-state index in [2.05, 4.69) is 24.5 Å². The zero-order valence-electron chi connectivity index (χ0n) is 6.98. The maximum Gasteiger partial charge on any atom is 0.0456 e. The summed E-state index contributed by atoms with van der Waals surface area (Å²) < 4.78 is 0. The van der Waals surface area contributed by atoms with Gasteiger partial charge in [-0.2, -0.15) is 0 Å². The van der Waals surface area contributed by atoms with Crippen molar-refractivity contribution in [3.05, 3.63) is 0 Å². The molecule has 2 nitrogen and oxygen atoms in total. The van der Waals surface area contributed by atoms with Crippen molar-refractivity contribution in [3.63, 3.8) is 0 Å². The minimum Gasteiger partial charge on any atom is -0.304 e. The summed E-state index contributed by atoms with van der Waals surface area (Å²) in [7, 11) is 0. The van der Waals surface area contributed by atoms with Crippen LogP contribution in [-0.2, 0) is 0 Å². The van der Waals surface area contributed by atoms with Gasteiger partial charge in [-0.3, -0.25) is 0 Å². The minimum atomic E-state index is 0.756. The molecule has 1 rings (SSSR count). The van der Waals surface area contributed by atoms with E-state index in [1.54, 1.807) is 0 Å². The molecule has 1 aliphatic rings. The molecule has 2 atom stereocenters. The van der Waals surface area contributed by atoms with Crippen molar-refractivity contribution in [2.45, 2.75) is 32.7 Å². The molecule has 1 aliphatic heterocycles. The molecule has 0 spiro atoms. The molecule has 0 amide bonds. The maximum absolute atomic E-state index is 3.46. The van der Waals surface area contributed by atoms with Crippen molar-refractivity contribution in [3.8, 4) is 0 Å². The van der Waals surface area contributed by atoms with Gasteiger partial charge in [-0.25, -0.2) is 0 Å². The van der Waals surface area contributed by atoms with Crippen molar-refractivity contribution >= 4 is 0 Å². The Hall–Kier alpha value is -0.0800. The molecule has 2 N–H and O–H groups in total. The Bertz CT molecular complexity index is 87.3.